The van der Waals surface area contributed by atoms with Crippen molar-refractivity contribution < 1.29 is 14.3 Å². The van der Waals surface area contributed by atoms with Crippen LogP contribution in [-0.4, -0.2) is 55.4 Å². The maximum atomic E-state index is 12.3. The summed E-state index contributed by atoms with van der Waals surface area (Å²) in [5.41, 5.74) is 5.58. The number of methoxy groups -OCH3 is 2. The summed E-state index contributed by atoms with van der Waals surface area (Å²) in [5.74, 6) is 1.28. The van der Waals surface area contributed by atoms with Crippen molar-refractivity contribution in [3.05, 3.63) is 53.9 Å². The van der Waals surface area contributed by atoms with E-state index in [1.54, 1.807) is 38.7 Å². The lowest BCUT2D eigenvalue weighted by Gasteiger charge is -2.42. The molecule has 7 heteroatoms. The summed E-state index contributed by atoms with van der Waals surface area (Å²) in [6.07, 6.45) is 6.96. The highest BCUT2D eigenvalue weighted by Crippen LogP contribution is 2.49. The fourth-order valence-corrected chi connectivity index (χ4v) is 4.88. The lowest BCUT2D eigenvalue weighted by molar-refractivity contribution is 0.0954. The van der Waals surface area contributed by atoms with Crippen molar-refractivity contribution in [1.82, 2.24) is 15.3 Å². The minimum atomic E-state index is -0.230. The molecule has 0 spiro atoms. The predicted octanol–water partition coefficient (Wildman–Crippen LogP) is 3.01. The molecule has 1 aromatic heterocycles. The van der Waals surface area contributed by atoms with Crippen LogP contribution < -0.4 is 14.9 Å². The Hall–Kier alpha value is -2.93. The minimum Gasteiger partial charge on any atom is -0.493 e. The number of likely N-dealkylation sites (tertiary alicyclic amines) is 1. The Labute approximate surface area is 177 Å². The Bertz CT molecular complexity index is 947. The Balaban J connectivity index is 1.55. The number of carbonyl (C=O) groups excluding carboxylic acids is 1. The van der Waals surface area contributed by atoms with Gasteiger partial charge < -0.3 is 14.4 Å². The van der Waals surface area contributed by atoms with Gasteiger partial charge in [0, 0.05) is 36.0 Å². The topological polar surface area (TPSA) is 76.0 Å². The number of ether oxygens (including phenoxy) is 2. The minimum absolute atomic E-state index is 0.0562. The van der Waals surface area contributed by atoms with Crippen molar-refractivity contribution >= 4 is 11.6 Å². The molecule has 2 aromatic rings. The molecule has 1 N–H and O–H groups in total. The molecule has 4 rings (SSSR count). The van der Waals surface area contributed by atoms with Gasteiger partial charge in [-0.2, -0.15) is 5.10 Å². The molecule has 1 saturated carbocycles. The van der Waals surface area contributed by atoms with Crippen LogP contribution in [0.2, 0.25) is 0 Å². The predicted molar refractivity (Wildman–Crippen MR) is 115 cm³/mol. The number of hydrogen-bond acceptors (Lipinski definition) is 6. The molecule has 1 amide bonds. The number of pyridine rings is 1. The van der Waals surface area contributed by atoms with Gasteiger partial charge in [-0.1, -0.05) is 6.07 Å². The molecule has 0 unspecified atom stereocenters. The van der Waals surface area contributed by atoms with Crippen molar-refractivity contribution in [2.45, 2.75) is 37.1 Å². The first-order valence-electron chi connectivity index (χ1n) is 10.3. The van der Waals surface area contributed by atoms with Crippen LogP contribution in [-0.2, 0) is 5.41 Å². The molecule has 30 heavy (non-hydrogen) atoms. The molecule has 0 radical (unpaired) electrons. The van der Waals surface area contributed by atoms with Crippen LogP contribution in [0.5, 0.6) is 11.5 Å². The summed E-state index contributed by atoms with van der Waals surface area (Å²) >= 11 is 0. The van der Waals surface area contributed by atoms with Gasteiger partial charge in [-0.15, -0.1) is 0 Å². The quantitative estimate of drug-likeness (QED) is 0.770. The lowest BCUT2D eigenvalue weighted by Crippen LogP contribution is -2.46. The Morgan fingerprint density at radius 1 is 1.23 bits per heavy atom. The van der Waals surface area contributed by atoms with Gasteiger partial charge in [0.1, 0.15) is 0 Å². The molecule has 1 aromatic carbocycles. The Morgan fingerprint density at radius 3 is 2.80 bits per heavy atom. The molecule has 2 atom stereocenters. The van der Waals surface area contributed by atoms with Crippen molar-refractivity contribution in [3.63, 3.8) is 0 Å². The zero-order valence-electron chi connectivity index (χ0n) is 17.7. The molecule has 2 heterocycles. The zero-order chi connectivity index (χ0) is 21.1. The standard InChI is InChI=1S/C23H28N4O3/c1-27-12-10-23(17-6-7-19(29-2)20(13-17)30-3)9-8-18(14-21(23)27)25-26-22(28)16-5-4-11-24-15-16/h4-7,11,13,15,21H,8-10,12,14H2,1-3H3,(H,26,28)/b25-18+/t21-,23-/m0/s1. The Morgan fingerprint density at radius 2 is 2.07 bits per heavy atom. The fraction of sp³-hybridized carbons (Fsp3) is 0.435. The van der Waals surface area contributed by atoms with Gasteiger partial charge in [0.15, 0.2) is 11.5 Å². The molecular weight excluding hydrogens is 380 g/mol. The maximum Gasteiger partial charge on any atom is 0.272 e. The smallest absolute Gasteiger partial charge is 0.272 e. The summed E-state index contributed by atoms with van der Waals surface area (Å²) < 4.78 is 11.0. The first-order chi connectivity index (χ1) is 14.6. The van der Waals surface area contributed by atoms with E-state index in [1.807, 2.05) is 6.07 Å². The third-order valence-corrected chi connectivity index (χ3v) is 6.57. The molecule has 1 aliphatic heterocycles. The van der Waals surface area contributed by atoms with Gasteiger partial charge in [-0.3, -0.25) is 9.78 Å². The molecule has 2 aliphatic rings. The van der Waals surface area contributed by atoms with E-state index in [1.165, 1.54) is 5.56 Å². The van der Waals surface area contributed by atoms with Crippen LogP contribution >= 0.6 is 0 Å². The van der Waals surface area contributed by atoms with E-state index >= 15 is 0 Å². The normalized spacial score (nSPS) is 25.0. The number of aromatic nitrogens is 1. The number of likely N-dealkylation sites (N-methyl/N-ethyl adjacent to an activating group) is 1. The molecule has 158 valence electrons. The number of carbonyl (C=O) groups is 1. The van der Waals surface area contributed by atoms with E-state index in [0.29, 0.717) is 11.6 Å². The highest BCUT2D eigenvalue weighted by atomic mass is 16.5. The van der Waals surface area contributed by atoms with E-state index in [9.17, 15) is 4.79 Å². The number of amides is 1. The number of benzene rings is 1. The van der Waals surface area contributed by atoms with Crippen molar-refractivity contribution in [3.8, 4) is 11.5 Å². The molecule has 1 saturated heterocycles. The summed E-state index contributed by atoms with van der Waals surface area (Å²) in [5, 5.41) is 4.46. The second-order valence-corrected chi connectivity index (χ2v) is 8.04. The third kappa shape index (κ3) is 3.65. The number of nitrogens with one attached hydrogen (secondary N) is 1. The van der Waals surface area contributed by atoms with Gasteiger partial charge in [0.05, 0.1) is 19.8 Å². The van der Waals surface area contributed by atoms with E-state index in [2.05, 4.69) is 39.6 Å². The van der Waals surface area contributed by atoms with Gasteiger partial charge in [0.2, 0.25) is 0 Å². The summed E-state index contributed by atoms with van der Waals surface area (Å²) in [6.45, 7) is 1.04. The highest BCUT2D eigenvalue weighted by Gasteiger charge is 2.49. The van der Waals surface area contributed by atoms with Crippen LogP contribution in [0, 0.1) is 0 Å². The number of hydrogen-bond donors (Lipinski definition) is 1. The van der Waals surface area contributed by atoms with E-state index in [-0.39, 0.29) is 11.3 Å². The average Bonchev–Trinajstić information content (AvgIpc) is 3.14. The van der Waals surface area contributed by atoms with Gasteiger partial charge in [0.25, 0.3) is 5.91 Å². The fourth-order valence-electron chi connectivity index (χ4n) is 4.88. The molecule has 7 nitrogen and oxygen atoms in total. The maximum absolute atomic E-state index is 12.3. The molecular formula is C23H28N4O3. The summed E-state index contributed by atoms with van der Waals surface area (Å²) in [7, 11) is 5.50. The average molecular weight is 409 g/mol. The van der Waals surface area contributed by atoms with Crippen LogP contribution in [0.3, 0.4) is 0 Å². The van der Waals surface area contributed by atoms with E-state index in [4.69, 9.17) is 9.47 Å². The second kappa shape index (κ2) is 8.44. The number of fused-ring (bicyclic) bond motifs is 1. The zero-order valence-corrected chi connectivity index (χ0v) is 17.7. The molecule has 0 bridgehead atoms. The SMILES string of the molecule is COc1ccc([C@@]23CC/C(=N\NC(=O)c4cccnc4)C[C@@H]2N(C)CC3)cc1OC. The largest absolute Gasteiger partial charge is 0.493 e. The number of rotatable bonds is 5. The monoisotopic (exact) mass is 408 g/mol. The van der Waals surface area contributed by atoms with Crippen molar-refractivity contribution in [2.24, 2.45) is 5.10 Å². The molecule has 2 fully saturated rings. The molecule has 1 aliphatic carbocycles. The summed E-state index contributed by atoms with van der Waals surface area (Å²) in [4.78, 5) is 18.7. The van der Waals surface area contributed by atoms with Gasteiger partial charge in [-0.25, -0.2) is 5.43 Å². The highest BCUT2D eigenvalue weighted by molar-refractivity contribution is 5.95. The second-order valence-electron chi connectivity index (χ2n) is 8.04. The number of hydrazone groups is 1. The van der Waals surface area contributed by atoms with Crippen molar-refractivity contribution in [2.75, 3.05) is 27.8 Å². The first kappa shape index (κ1) is 20.3. The lowest BCUT2D eigenvalue weighted by atomic mass is 9.65. The number of nitrogens with zero attached hydrogens (tertiary/aromatic N) is 3. The van der Waals surface area contributed by atoms with Crippen LogP contribution in [0.4, 0.5) is 0 Å². The van der Waals surface area contributed by atoms with E-state index < -0.39 is 0 Å². The van der Waals surface area contributed by atoms with Gasteiger partial charge >= 0.3 is 0 Å². The summed E-state index contributed by atoms with van der Waals surface area (Å²) in [6, 6.07) is 10.1. The van der Waals surface area contributed by atoms with Crippen LogP contribution in [0.1, 0.15) is 41.6 Å². The van der Waals surface area contributed by atoms with E-state index in [0.717, 1.165) is 49.4 Å². The Kier molecular flexibility index (Phi) is 5.72. The van der Waals surface area contributed by atoms with Crippen LogP contribution in [0.15, 0.2) is 47.8 Å². The van der Waals surface area contributed by atoms with Gasteiger partial charge in [-0.05, 0) is 62.7 Å². The van der Waals surface area contributed by atoms with Crippen LogP contribution in [0.25, 0.3) is 0 Å². The third-order valence-electron chi connectivity index (χ3n) is 6.57. The van der Waals surface area contributed by atoms with Crippen molar-refractivity contribution in [1.29, 1.82) is 0 Å². The first-order valence-corrected chi connectivity index (χ1v) is 10.3.